The number of hydrogen-bond donors (Lipinski definition) is 2. The van der Waals surface area contributed by atoms with Crippen molar-refractivity contribution in [2.24, 2.45) is 0 Å². The summed E-state index contributed by atoms with van der Waals surface area (Å²) in [5.41, 5.74) is 0. The molecule has 0 saturated carbocycles. The lowest BCUT2D eigenvalue weighted by atomic mass is 10.4. The lowest BCUT2D eigenvalue weighted by molar-refractivity contribution is 0.157. The quantitative estimate of drug-likeness (QED) is 0.801. The molecule has 0 fully saturated rings. The molecule has 1 atom stereocenters. The van der Waals surface area contributed by atoms with Gasteiger partial charge in [-0.05, 0) is 18.5 Å². The van der Waals surface area contributed by atoms with Gasteiger partial charge in [-0.15, -0.1) is 0 Å². The number of hydrogen-bond acceptors (Lipinski definition) is 2. The van der Waals surface area contributed by atoms with Crippen molar-refractivity contribution in [2.45, 2.75) is 5.85 Å². The summed E-state index contributed by atoms with van der Waals surface area (Å²) in [5.74, 6) is -0.713. The van der Waals surface area contributed by atoms with Crippen LogP contribution in [-0.2, 0) is 0 Å². The number of aliphatic hydroxyl groups excluding tert-OH is 2. The Balaban J connectivity index is 2.39. The Morgan fingerprint density at radius 2 is 1.24 bits per heavy atom. The maximum Gasteiger partial charge on any atom is 0.104 e. The van der Waals surface area contributed by atoms with Crippen molar-refractivity contribution in [3.8, 4) is 0 Å². The van der Waals surface area contributed by atoms with Gasteiger partial charge in [-0.3, -0.25) is 0 Å². The van der Waals surface area contributed by atoms with E-state index in [0.29, 0.717) is 0 Å². The average molecular weight is 246 g/mol. The molecule has 0 aliphatic heterocycles. The minimum absolute atomic E-state index is 0.213. The van der Waals surface area contributed by atoms with E-state index < -0.39 is 13.8 Å². The Bertz CT molecular complexity index is 405. The molecule has 0 aliphatic rings. The molecule has 2 aromatic carbocycles. The summed E-state index contributed by atoms with van der Waals surface area (Å²) in [4.78, 5) is 0. The second-order valence-electron chi connectivity index (χ2n) is 3.70. The van der Waals surface area contributed by atoms with Gasteiger partial charge in [0.1, 0.15) is 5.85 Å². The second kappa shape index (κ2) is 5.92. The molecule has 3 heteroatoms. The SMILES string of the molecule is OCC(O)P(c1ccccc1)c1ccccc1. The van der Waals surface area contributed by atoms with Gasteiger partial charge in [0.05, 0.1) is 6.61 Å². The van der Waals surface area contributed by atoms with Gasteiger partial charge < -0.3 is 10.2 Å². The average Bonchev–Trinajstić information content (AvgIpc) is 2.41. The highest BCUT2D eigenvalue weighted by Gasteiger charge is 2.21. The maximum absolute atomic E-state index is 10.0. The highest BCUT2D eigenvalue weighted by Crippen LogP contribution is 2.37. The predicted octanol–water partition coefficient (Wildman–Crippen LogP) is 1.43. The van der Waals surface area contributed by atoms with E-state index >= 15 is 0 Å². The summed E-state index contributed by atoms with van der Waals surface area (Å²) in [7, 11) is -0.907. The molecular weight excluding hydrogens is 231 g/mol. The fourth-order valence-corrected chi connectivity index (χ4v) is 3.89. The van der Waals surface area contributed by atoms with Crippen LogP contribution in [0.25, 0.3) is 0 Å². The van der Waals surface area contributed by atoms with Gasteiger partial charge in [0, 0.05) is 0 Å². The summed E-state index contributed by atoms with van der Waals surface area (Å²) in [5, 5.41) is 21.4. The smallest absolute Gasteiger partial charge is 0.104 e. The zero-order valence-corrected chi connectivity index (χ0v) is 10.3. The fourth-order valence-electron chi connectivity index (χ4n) is 1.75. The van der Waals surface area contributed by atoms with E-state index in [9.17, 15) is 10.2 Å². The maximum atomic E-state index is 10.0. The van der Waals surface area contributed by atoms with Crippen LogP contribution in [0.5, 0.6) is 0 Å². The molecule has 1 unspecified atom stereocenters. The summed E-state index contributed by atoms with van der Waals surface area (Å²) < 4.78 is 0. The normalized spacial score (nSPS) is 12.6. The molecule has 88 valence electrons. The Hall–Kier alpha value is -1.21. The van der Waals surface area contributed by atoms with Crippen LogP contribution in [0.2, 0.25) is 0 Å². The molecule has 17 heavy (non-hydrogen) atoms. The van der Waals surface area contributed by atoms with Crippen molar-refractivity contribution in [1.82, 2.24) is 0 Å². The number of aliphatic hydroxyl groups is 2. The molecule has 2 N–H and O–H groups in total. The lowest BCUT2D eigenvalue weighted by Gasteiger charge is -2.22. The third kappa shape index (κ3) is 2.92. The van der Waals surface area contributed by atoms with Crippen LogP contribution in [-0.4, -0.2) is 22.7 Å². The van der Waals surface area contributed by atoms with Crippen LogP contribution < -0.4 is 10.6 Å². The molecule has 0 spiro atoms. The zero-order chi connectivity index (χ0) is 12.1. The molecule has 0 radical (unpaired) electrons. The van der Waals surface area contributed by atoms with Gasteiger partial charge in [0.25, 0.3) is 0 Å². The van der Waals surface area contributed by atoms with Gasteiger partial charge in [-0.25, -0.2) is 0 Å². The fraction of sp³-hybridized carbons (Fsp3) is 0.143. The number of rotatable bonds is 4. The van der Waals surface area contributed by atoms with E-state index in [1.54, 1.807) is 0 Å². The standard InChI is InChI=1S/C14H15O2P/c15-11-14(16)17(12-7-3-1-4-8-12)13-9-5-2-6-10-13/h1-10,14-16H,11H2. The van der Waals surface area contributed by atoms with E-state index in [1.165, 1.54) is 0 Å². The molecule has 2 rings (SSSR count). The van der Waals surface area contributed by atoms with Gasteiger partial charge in [-0.1, -0.05) is 60.7 Å². The van der Waals surface area contributed by atoms with Crippen LogP contribution in [0.3, 0.4) is 0 Å². The summed E-state index contributed by atoms with van der Waals surface area (Å²) in [6.45, 7) is -0.213. The van der Waals surface area contributed by atoms with Crippen LogP contribution in [0.4, 0.5) is 0 Å². The molecule has 2 aromatic rings. The second-order valence-corrected chi connectivity index (χ2v) is 6.07. The number of benzene rings is 2. The predicted molar refractivity (Wildman–Crippen MR) is 72.2 cm³/mol. The largest absolute Gasteiger partial charge is 0.393 e. The third-order valence-electron chi connectivity index (χ3n) is 2.53. The van der Waals surface area contributed by atoms with Crippen LogP contribution >= 0.6 is 7.92 Å². The Kier molecular flexibility index (Phi) is 4.27. The summed E-state index contributed by atoms with van der Waals surface area (Å²) in [6.07, 6.45) is 0. The van der Waals surface area contributed by atoms with Gasteiger partial charge in [0.2, 0.25) is 0 Å². The highest BCUT2D eigenvalue weighted by molar-refractivity contribution is 7.73. The van der Waals surface area contributed by atoms with Gasteiger partial charge in [-0.2, -0.15) is 0 Å². The first-order valence-electron chi connectivity index (χ1n) is 5.51. The van der Waals surface area contributed by atoms with Crippen LogP contribution in [0.15, 0.2) is 60.7 Å². The first kappa shape index (κ1) is 12.3. The molecule has 0 aliphatic carbocycles. The summed E-state index contributed by atoms with van der Waals surface area (Å²) in [6, 6.07) is 19.7. The topological polar surface area (TPSA) is 40.5 Å². The molecule has 0 amide bonds. The van der Waals surface area contributed by atoms with Crippen molar-refractivity contribution in [1.29, 1.82) is 0 Å². The van der Waals surface area contributed by atoms with Crippen molar-refractivity contribution >= 4 is 18.5 Å². The van der Waals surface area contributed by atoms with Crippen LogP contribution in [0, 0.1) is 0 Å². The molecule has 0 heterocycles. The van der Waals surface area contributed by atoms with Crippen molar-refractivity contribution in [3.63, 3.8) is 0 Å². The monoisotopic (exact) mass is 246 g/mol. The molecule has 0 aromatic heterocycles. The Morgan fingerprint density at radius 1 is 0.824 bits per heavy atom. The lowest BCUT2D eigenvalue weighted by Crippen LogP contribution is -2.23. The van der Waals surface area contributed by atoms with Crippen LogP contribution in [0.1, 0.15) is 0 Å². The van der Waals surface area contributed by atoms with E-state index in [4.69, 9.17) is 0 Å². The van der Waals surface area contributed by atoms with E-state index in [-0.39, 0.29) is 6.61 Å². The minimum atomic E-state index is -0.907. The van der Waals surface area contributed by atoms with E-state index in [2.05, 4.69) is 0 Å². The van der Waals surface area contributed by atoms with Crippen molar-refractivity contribution in [2.75, 3.05) is 6.61 Å². The van der Waals surface area contributed by atoms with Gasteiger partial charge in [0.15, 0.2) is 0 Å². The van der Waals surface area contributed by atoms with Crippen molar-refractivity contribution in [3.05, 3.63) is 60.7 Å². The Morgan fingerprint density at radius 3 is 1.59 bits per heavy atom. The molecule has 0 saturated heterocycles. The Labute approximate surface area is 102 Å². The molecule has 0 bridgehead atoms. The minimum Gasteiger partial charge on any atom is -0.393 e. The third-order valence-corrected chi connectivity index (χ3v) is 5.00. The first-order valence-corrected chi connectivity index (χ1v) is 6.92. The molecular formula is C14H15O2P. The van der Waals surface area contributed by atoms with E-state index in [1.807, 2.05) is 60.7 Å². The summed E-state index contributed by atoms with van der Waals surface area (Å²) >= 11 is 0. The molecule has 2 nitrogen and oxygen atoms in total. The highest BCUT2D eigenvalue weighted by atomic mass is 31.1. The zero-order valence-electron chi connectivity index (χ0n) is 9.40. The van der Waals surface area contributed by atoms with Crippen molar-refractivity contribution < 1.29 is 10.2 Å². The van der Waals surface area contributed by atoms with Gasteiger partial charge >= 0.3 is 0 Å². The van der Waals surface area contributed by atoms with E-state index in [0.717, 1.165) is 10.6 Å². The first-order chi connectivity index (χ1) is 8.33.